The molecule has 0 saturated carbocycles. The van der Waals surface area contributed by atoms with Crippen LogP contribution in [-0.4, -0.2) is 9.55 Å². The van der Waals surface area contributed by atoms with Crippen LogP contribution in [-0.2, 0) is 0 Å². The molecule has 0 aliphatic carbocycles. The molecule has 3 heterocycles. The highest BCUT2D eigenvalue weighted by Crippen LogP contribution is 2.49. The minimum Gasteiger partial charge on any atom is -0.308 e. The Morgan fingerprint density at radius 1 is 0.636 bits per heavy atom. The lowest BCUT2D eigenvalue weighted by atomic mass is 9.90. The molecule has 2 aromatic heterocycles. The molecule has 2 heteroatoms. The van der Waals surface area contributed by atoms with Gasteiger partial charge in [0.25, 0.3) is 0 Å². The number of fused-ring (bicyclic) bond motifs is 8. The van der Waals surface area contributed by atoms with Crippen molar-refractivity contribution < 1.29 is 0 Å². The summed E-state index contributed by atoms with van der Waals surface area (Å²) >= 11 is 0. The third-order valence-corrected chi connectivity index (χ3v) is 6.84. The van der Waals surface area contributed by atoms with Crippen molar-refractivity contribution in [3.8, 4) is 39.2 Å². The maximum Gasteiger partial charge on any atom is 0.0802 e. The summed E-state index contributed by atoms with van der Waals surface area (Å²) in [6.07, 6.45) is 2.07. The predicted molar refractivity (Wildman–Crippen MR) is 138 cm³/mol. The smallest absolute Gasteiger partial charge is 0.0802 e. The molecule has 6 aromatic rings. The van der Waals surface area contributed by atoms with Crippen molar-refractivity contribution in [2.45, 2.75) is 13.8 Å². The highest BCUT2D eigenvalue weighted by Gasteiger charge is 2.27. The van der Waals surface area contributed by atoms with Crippen molar-refractivity contribution in [1.82, 2.24) is 9.55 Å². The lowest BCUT2D eigenvalue weighted by molar-refractivity contribution is 1.18. The zero-order valence-corrected chi connectivity index (χ0v) is 18.6. The van der Waals surface area contributed by atoms with Gasteiger partial charge in [0.15, 0.2) is 0 Å². The van der Waals surface area contributed by atoms with E-state index in [-0.39, 0.29) is 0 Å². The second-order valence-corrected chi connectivity index (χ2v) is 9.04. The van der Waals surface area contributed by atoms with Gasteiger partial charge in [-0.1, -0.05) is 77.9 Å². The van der Waals surface area contributed by atoms with Gasteiger partial charge in [-0.2, -0.15) is 0 Å². The first kappa shape index (κ1) is 18.4. The molecular weight excluding hydrogens is 400 g/mol. The molecule has 2 nitrogen and oxygen atoms in total. The SMILES string of the molecule is Cc1cc(C)cc(-c2ncc3c4ccccc4n4c3c2-c2ccccc2-c2ccccc2-4)c1. The molecule has 0 unspecified atom stereocenters. The number of aromatic nitrogens is 2. The minimum absolute atomic E-state index is 1.04. The van der Waals surface area contributed by atoms with Crippen LogP contribution in [0.1, 0.15) is 11.1 Å². The van der Waals surface area contributed by atoms with E-state index >= 15 is 0 Å². The molecule has 1 aliphatic heterocycles. The van der Waals surface area contributed by atoms with Gasteiger partial charge in [0.2, 0.25) is 0 Å². The Morgan fingerprint density at radius 2 is 1.30 bits per heavy atom. The Labute approximate surface area is 192 Å². The van der Waals surface area contributed by atoms with E-state index in [2.05, 4.69) is 116 Å². The molecule has 0 atom stereocenters. The Balaban J connectivity index is 1.77. The van der Waals surface area contributed by atoms with Gasteiger partial charge in [0.1, 0.15) is 0 Å². The molecular formula is C31H22N2. The Bertz CT molecular complexity index is 1720. The number of aryl methyl sites for hydroxylation is 2. The topological polar surface area (TPSA) is 17.8 Å². The zero-order chi connectivity index (χ0) is 22.1. The first-order chi connectivity index (χ1) is 16.2. The second kappa shape index (κ2) is 6.66. The third-order valence-electron chi connectivity index (χ3n) is 6.84. The van der Waals surface area contributed by atoms with Gasteiger partial charge in [-0.15, -0.1) is 0 Å². The highest BCUT2D eigenvalue weighted by atomic mass is 15.0. The second-order valence-electron chi connectivity index (χ2n) is 9.04. The average molecular weight is 423 g/mol. The van der Waals surface area contributed by atoms with Crippen molar-refractivity contribution in [3.63, 3.8) is 0 Å². The van der Waals surface area contributed by atoms with Crippen LogP contribution >= 0.6 is 0 Å². The molecule has 0 fully saturated rings. The Hall–Kier alpha value is -4.17. The first-order valence-corrected chi connectivity index (χ1v) is 11.4. The number of rotatable bonds is 1. The molecule has 7 rings (SSSR count). The van der Waals surface area contributed by atoms with E-state index in [0.717, 1.165) is 5.69 Å². The largest absolute Gasteiger partial charge is 0.308 e. The maximum absolute atomic E-state index is 5.12. The normalized spacial score (nSPS) is 11.9. The van der Waals surface area contributed by atoms with Gasteiger partial charge in [0.05, 0.1) is 22.4 Å². The zero-order valence-electron chi connectivity index (χ0n) is 18.6. The van der Waals surface area contributed by atoms with Crippen molar-refractivity contribution in [2.75, 3.05) is 0 Å². The standard InChI is InChI=1S/C31H22N2/c1-19-15-20(2)17-21(16-19)30-29-25-12-4-3-9-22(25)23-10-5-7-13-27(23)33-28-14-8-6-11-24(28)26(18-32-30)31(29)33/h3-18H,1-2H3. The van der Waals surface area contributed by atoms with E-state index in [4.69, 9.17) is 4.98 Å². The quantitative estimate of drug-likeness (QED) is 0.261. The summed E-state index contributed by atoms with van der Waals surface area (Å²) in [5.41, 5.74) is 13.3. The number of para-hydroxylation sites is 2. The number of hydrogen-bond acceptors (Lipinski definition) is 1. The molecule has 0 saturated heterocycles. The van der Waals surface area contributed by atoms with E-state index in [1.165, 1.54) is 66.4 Å². The summed E-state index contributed by atoms with van der Waals surface area (Å²) in [7, 11) is 0. The molecule has 0 amide bonds. The molecule has 33 heavy (non-hydrogen) atoms. The fraction of sp³-hybridized carbons (Fsp3) is 0.0645. The predicted octanol–water partition coefficient (Wildman–Crippen LogP) is 8.11. The van der Waals surface area contributed by atoms with Crippen molar-refractivity contribution in [2.24, 2.45) is 0 Å². The van der Waals surface area contributed by atoms with Crippen molar-refractivity contribution in [1.29, 1.82) is 0 Å². The summed E-state index contributed by atoms with van der Waals surface area (Å²) in [5, 5.41) is 2.43. The van der Waals surface area contributed by atoms with E-state index in [9.17, 15) is 0 Å². The fourth-order valence-electron chi connectivity index (χ4n) is 5.62. The van der Waals surface area contributed by atoms with Crippen LogP contribution in [0.15, 0.2) is 97.2 Å². The van der Waals surface area contributed by atoms with Crippen molar-refractivity contribution >= 4 is 21.8 Å². The van der Waals surface area contributed by atoms with Crippen LogP contribution in [0, 0.1) is 13.8 Å². The monoisotopic (exact) mass is 422 g/mol. The lowest BCUT2D eigenvalue weighted by Crippen LogP contribution is -1.96. The molecule has 4 aromatic carbocycles. The highest BCUT2D eigenvalue weighted by molar-refractivity contribution is 6.18. The van der Waals surface area contributed by atoms with E-state index in [0.29, 0.717) is 0 Å². The van der Waals surface area contributed by atoms with Crippen LogP contribution in [0.25, 0.3) is 61.0 Å². The van der Waals surface area contributed by atoms with Gasteiger partial charge < -0.3 is 4.57 Å². The molecule has 156 valence electrons. The van der Waals surface area contributed by atoms with Gasteiger partial charge in [-0.25, -0.2) is 0 Å². The van der Waals surface area contributed by atoms with Crippen LogP contribution in [0.4, 0.5) is 0 Å². The number of hydrogen-bond donors (Lipinski definition) is 0. The van der Waals surface area contributed by atoms with E-state index in [1.807, 2.05) is 0 Å². The number of pyridine rings is 1. The number of nitrogens with zero attached hydrogens (tertiary/aromatic N) is 2. The van der Waals surface area contributed by atoms with E-state index in [1.54, 1.807) is 0 Å². The third kappa shape index (κ3) is 2.52. The fourth-order valence-corrected chi connectivity index (χ4v) is 5.62. The van der Waals surface area contributed by atoms with Gasteiger partial charge in [-0.05, 0) is 49.2 Å². The Kier molecular flexibility index (Phi) is 3.72. The van der Waals surface area contributed by atoms with Crippen LogP contribution in [0.5, 0.6) is 0 Å². The number of benzene rings is 4. The van der Waals surface area contributed by atoms with E-state index < -0.39 is 0 Å². The summed E-state index contributed by atoms with van der Waals surface area (Å²) in [6, 6.07) is 33.0. The molecule has 0 N–H and O–H groups in total. The molecule has 0 spiro atoms. The molecule has 0 radical (unpaired) electrons. The summed E-state index contributed by atoms with van der Waals surface area (Å²) in [5.74, 6) is 0. The maximum atomic E-state index is 5.12. The first-order valence-electron chi connectivity index (χ1n) is 11.4. The van der Waals surface area contributed by atoms with Gasteiger partial charge in [-0.3, -0.25) is 4.98 Å². The summed E-state index contributed by atoms with van der Waals surface area (Å²) in [4.78, 5) is 5.12. The van der Waals surface area contributed by atoms with Gasteiger partial charge in [0, 0.05) is 33.7 Å². The van der Waals surface area contributed by atoms with Crippen LogP contribution < -0.4 is 0 Å². The Morgan fingerprint density at radius 3 is 2.12 bits per heavy atom. The summed E-state index contributed by atoms with van der Waals surface area (Å²) in [6.45, 7) is 4.32. The summed E-state index contributed by atoms with van der Waals surface area (Å²) < 4.78 is 2.45. The molecule has 0 bridgehead atoms. The average Bonchev–Trinajstić information content (AvgIpc) is 3.10. The van der Waals surface area contributed by atoms with Gasteiger partial charge >= 0.3 is 0 Å². The molecule has 1 aliphatic rings. The van der Waals surface area contributed by atoms with Crippen LogP contribution in [0.2, 0.25) is 0 Å². The van der Waals surface area contributed by atoms with Crippen molar-refractivity contribution in [3.05, 3.63) is 108 Å². The lowest BCUT2D eigenvalue weighted by Gasteiger charge is -2.14. The van der Waals surface area contributed by atoms with Crippen LogP contribution in [0.3, 0.4) is 0 Å². The minimum atomic E-state index is 1.04.